The van der Waals surface area contributed by atoms with Crippen molar-refractivity contribution in [3.8, 4) is 10.7 Å². The Morgan fingerprint density at radius 2 is 2.11 bits per heavy atom. The molecule has 0 atom stereocenters. The fourth-order valence-electron chi connectivity index (χ4n) is 2.08. The molecule has 4 heteroatoms. The van der Waals surface area contributed by atoms with Gasteiger partial charge in [0.05, 0.1) is 4.88 Å². The van der Waals surface area contributed by atoms with Crippen molar-refractivity contribution in [1.82, 2.24) is 14.5 Å². The maximum Gasteiger partial charge on any atom is 0.150 e. The minimum Gasteiger partial charge on any atom is -0.330 e. The number of aromatic nitrogens is 3. The molecule has 0 aliphatic carbocycles. The monoisotopic (exact) mass is 269 g/mol. The van der Waals surface area contributed by atoms with Gasteiger partial charge in [-0.3, -0.25) is 4.98 Å². The van der Waals surface area contributed by atoms with Gasteiger partial charge in [-0.15, -0.1) is 11.3 Å². The Labute approximate surface area is 116 Å². The number of hydrogen-bond acceptors (Lipinski definition) is 3. The lowest BCUT2D eigenvalue weighted by Crippen LogP contribution is -2.03. The molecule has 3 heterocycles. The molecule has 0 fully saturated rings. The molecular weight excluding hydrogens is 254 g/mol. The summed E-state index contributed by atoms with van der Waals surface area (Å²) in [6.45, 7) is 3.04. The minimum atomic E-state index is 0.906. The first-order chi connectivity index (χ1) is 9.34. The molecule has 0 saturated heterocycles. The van der Waals surface area contributed by atoms with Crippen LogP contribution in [0.5, 0.6) is 0 Å². The highest BCUT2D eigenvalue weighted by molar-refractivity contribution is 7.13. The smallest absolute Gasteiger partial charge is 0.150 e. The van der Waals surface area contributed by atoms with E-state index in [1.807, 2.05) is 30.7 Å². The molecule has 0 radical (unpaired) electrons. The Morgan fingerprint density at radius 1 is 1.16 bits per heavy atom. The van der Waals surface area contributed by atoms with Crippen LogP contribution in [0.1, 0.15) is 11.3 Å². The van der Waals surface area contributed by atoms with Gasteiger partial charge in [0.15, 0.2) is 0 Å². The summed E-state index contributed by atoms with van der Waals surface area (Å²) in [5, 5.41) is 2.11. The normalized spacial score (nSPS) is 10.8. The lowest BCUT2D eigenvalue weighted by atomic mass is 10.2. The van der Waals surface area contributed by atoms with Crippen LogP contribution in [0.15, 0.2) is 48.2 Å². The van der Waals surface area contributed by atoms with Gasteiger partial charge in [0.1, 0.15) is 5.82 Å². The minimum absolute atomic E-state index is 0.906. The zero-order valence-corrected chi connectivity index (χ0v) is 11.6. The van der Waals surface area contributed by atoms with Crippen LogP contribution in [0, 0.1) is 6.92 Å². The van der Waals surface area contributed by atoms with Crippen LogP contribution < -0.4 is 0 Å². The molecule has 0 saturated carbocycles. The molecule has 3 aromatic rings. The first-order valence-electron chi connectivity index (χ1n) is 6.30. The third-order valence-electron chi connectivity index (χ3n) is 3.12. The van der Waals surface area contributed by atoms with Gasteiger partial charge in [0.2, 0.25) is 0 Å². The molecule has 0 aromatic carbocycles. The molecule has 0 aliphatic heterocycles. The summed E-state index contributed by atoms with van der Waals surface area (Å²) in [5.41, 5.74) is 2.40. The van der Waals surface area contributed by atoms with Crippen LogP contribution in [0.2, 0.25) is 0 Å². The summed E-state index contributed by atoms with van der Waals surface area (Å²) >= 11 is 1.74. The van der Waals surface area contributed by atoms with Crippen molar-refractivity contribution in [2.75, 3.05) is 0 Å². The Kier molecular flexibility index (Phi) is 3.42. The van der Waals surface area contributed by atoms with Gasteiger partial charge >= 0.3 is 0 Å². The first kappa shape index (κ1) is 12.1. The van der Waals surface area contributed by atoms with E-state index in [1.54, 1.807) is 11.3 Å². The molecule has 0 unspecified atom stereocenters. The lowest BCUT2D eigenvalue weighted by Gasteiger charge is -2.07. The Balaban J connectivity index is 1.80. The molecule has 3 nitrogen and oxygen atoms in total. The van der Waals surface area contributed by atoms with Crippen LogP contribution in [0.25, 0.3) is 10.7 Å². The van der Waals surface area contributed by atoms with Crippen LogP contribution in [-0.2, 0) is 13.0 Å². The SMILES string of the molecule is Cc1ccsc1-c1nccn1CCc1ccccn1. The second kappa shape index (κ2) is 5.36. The average molecular weight is 269 g/mol. The molecule has 0 N–H and O–H groups in total. The van der Waals surface area contributed by atoms with Gasteiger partial charge in [-0.2, -0.15) is 0 Å². The number of thiophene rings is 1. The molecule has 3 aromatic heterocycles. The largest absolute Gasteiger partial charge is 0.330 e. The third-order valence-corrected chi connectivity index (χ3v) is 4.13. The highest BCUT2D eigenvalue weighted by Crippen LogP contribution is 2.27. The summed E-state index contributed by atoms with van der Waals surface area (Å²) < 4.78 is 2.20. The highest BCUT2D eigenvalue weighted by Gasteiger charge is 2.09. The van der Waals surface area contributed by atoms with E-state index in [9.17, 15) is 0 Å². The van der Waals surface area contributed by atoms with Gasteiger partial charge in [-0.1, -0.05) is 6.07 Å². The van der Waals surface area contributed by atoms with E-state index in [1.165, 1.54) is 10.4 Å². The summed E-state index contributed by atoms with van der Waals surface area (Å²) in [4.78, 5) is 10.1. The number of pyridine rings is 1. The molecule has 19 heavy (non-hydrogen) atoms. The van der Waals surface area contributed by atoms with Crippen molar-refractivity contribution < 1.29 is 0 Å². The van der Waals surface area contributed by atoms with Crippen LogP contribution in [0.4, 0.5) is 0 Å². The summed E-state index contributed by atoms with van der Waals surface area (Å²) in [5.74, 6) is 1.06. The molecule has 0 amide bonds. The Bertz CT molecular complexity index is 655. The molecule has 0 spiro atoms. The van der Waals surface area contributed by atoms with Gasteiger partial charge in [-0.05, 0) is 36.1 Å². The van der Waals surface area contributed by atoms with Crippen molar-refractivity contribution in [3.63, 3.8) is 0 Å². The summed E-state index contributed by atoms with van der Waals surface area (Å²) in [6, 6.07) is 8.17. The van der Waals surface area contributed by atoms with E-state index in [2.05, 4.69) is 39.0 Å². The average Bonchev–Trinajstić information content (AvgIpc) is 3.05. The number of nitrogens with zero attached hydrogens (tertiary/aromatic N) is 3. The number of aryl methyl sites for hydroxylation is 3. The first-order valence-corrected chi connectivity index (χ1v) is 7.18. The predicted molar refractivity (Wildman–Crippen MR) is 78.2 cm³/mol. The maximum atomic E-state index is 4.48. The van der Waals surface area contributed by atoms with E-state index >= 15 is 0 Å². The molecule has 0 bridgehead atoms. The topological polar surface area (TPSA) is 30.7 Å². The molecule has 96 valence electrons. The highest BCUT2D eigenvalue weighted by atomic mass is 32.1. The molecular formula is C15H15N3S. The fourth-order valence-corrected chi connectivity index (χ4v) is 3.02. The van der Waals surface area contributed by atoms with Crippen molar-refractivity contribution in [2.24, 2.45) is 0 Å². The number of imidazole rings is 1. The van der Waals surface area contributed by atoms with Gasteiger partial charge in [0, 0.05) is 37.3 Å². The zero-order chi connectivity index (χ0) is 13.1. The predicted octanol–water partition coefficient (Wildman–Crippen LogP) is 3.56. The van der Waals surface area contributed by atoms with Crippen molar-refractivity contribution in [1.29, 1.82) is 0 Å². The van der Waals surface area contributed by atoms with Gasteiger partial charge in [0.25, 0.3) is 0 Å². The summed E-state index contributed by atoms with van der Waals surface area (Å²) in [6.07, 6.45) is 6.67. The Morgan fingerprint density at radius 3 is 2.84 bits per heavy atom. The van der Waals surface area contributed by atoms with Gasteiger partial charge < -0.3 is 4.57 Å². The summed E-state index contributed by atoms with van der Waals surface area (Å²) in [7, 11) is 0. The van der Waals surface area contributed by atoms with Crippen LogP contribution in [0.3, 0.4) is 0 Å². The standard InChI is InChI=1S/C15H15N3S/c1-12-6-11-19-14(12)15-17-8-10-18(15)9-5-13-4-2-3-7-16-13/h2-4,6-8,10-11H,5,9H2,1H3. The number of rotatable bonds is 4. The quantitative estimate of drug-likeness (QED) is 0.725. The van der Waals surface area contributed by atoms with Crippen LogP contribution in [-0.4, -0.2) is 14.5 Å². The van der Waals surface area contributed by atoms with E-state index in [-0.39, 0.29) is 0 Å². The van der Waals surface area contributed by atoms with Crippen molar-refractivity contribution >= 4 is 11.3 Å². The molecule has 3 rings (SSSR count). The van der Waals surface area contributed by atoms with Crippen LogP contribution >= 0.6 is 11.3 Å². The van der Waals surface area contributed by atoms with Gasteiger partial charge in [-0.25, -0.2) is 4.98 Å². The van der Waals surface area contributed by atoms with E-state index < -0.39 is 0 Å². The molecule has 0 aliphatic rings. The zero-order valence-electron chi connectivity index (χ0n) is 10.8. The third kappa shape index (κ3) is 2.58. The number of hydrogen-bond donors (Lipinski definition) is 0. The van der Waals surface area contributed by atoms with E-state index in [0.717, 1.165) is 24.5 Å². The van der Waals surface area contributed by atoms with Crippen molar-refractivity contribution in [3.05, 3.63) is 59.5 Å². The second-order valence-corrected chi connectivity index (χ2v) is 5.36. The maximum absolute atomic E-state index is 4.48. The van der Waals surface area contributed by atoms with E-state index in [0.29, 0.717) is 0 Å². The van der Waals surface area contributed by atoms with Crippen molar-refractivity contribution in [2.45, 2.75) is 19.9 Å². The second-order valence-electron chi connectivity index (χ2n) is 4.45. The lowest BCUT2D eigenvalue weighted by molar-refractivity contribution is 0.692. The van der Waals surface area contributed by atoms with E-state index in [4.69, 9.17) is 0 Å². The fraction of sp³-hybridized carbons (Fsp3) is 0.200. The Hall–Kier alpha value is -1.94.